The third kappa shape index (κ3) is 3.46. The smallest absolute Gasteiger partial charge is 0.440 e. The predicted molar refractivity (Wildman–Crippen MR) is 96.7 cm³/mol. The molecule has 0 spiro atoms. The molecule has 3 rings (SSSR count). The molecule has 1 heterocycles. The summed E-state index contributed by atoms with van der Waals surface area (Å²) in [6.07, 6.45) is -5.34. The molecule has 152 valence electrons. The minimum absolute atomic E-state index is 0.119. The van der Waals surface area contributed by atoms with Crippen molar-refractivity contribution in [3.05, 3.63) is 59.1 Å². The van der Waals surface area contributed by atoms with Crippen LogP contribution in [0, 0.1) is 0 Å². The Balaban J connectivity index is 2.00. The molecular formula is C18H13ClF3N3O4. The van der Waals surface area contributed by atoms with Gasteiger partial charge in [0.25, 0.3) is 17.5 Å². The van der Waals surface area contributed by atoms with Crippen LogP contribution in [0.15, 0.2) is 48.5 Å². The zero-order valence-corrected chi connectivity index (χ0v) is 15.5. The molecular weight excluding hydrogens is 415 g/mol. The van der Waals surface area contributed by atoms with E-state index in [9.17, 15) is 27.6 Å². The average Bonchev–Trinajstić information content (AvgIpc) is 2.92. The van der Waals surface area contributed by atoms with Crippen LogP contribution in [0.25, 0.3) is 0 Å². The maximum absolute atomic E-state index is 13.9. The van der Waals surface area contributed by atoms with E-state index in [1.54, 1.807) is 10.6 Å². The number of urea groups is 1. The lowest BCUT2D eigenvalue weighted by Gasteiger charge is -2.30. The third-order valence-corrected chi connectivity index (χ3v) is 4.53. The molecule has 0 unspecified atom stereocenters. The van der Waals surface area contributed by atoms with E-state index >= 15 is 0 Å². The molecule has 2 aromatic rings. The van der Waals surface area contributed by atoms with E-state index in [1.807, 2.05) is 0 Å². The summed E-state index contributed by atoms with van der Waals surface area (Å²) < 4.78 is 46.6. The first-order chi connectivity index (χ1) is 13.6. The summed E-state index contributed by atoms with van der Waals surface area (Å²) in [5, 5.41) is 3.04. The van der Waals surface area contributed by atoms with Crippen molar-refractivity contribution >= 4 is 35.1 Å². The van der Waals surface area contributed by atoms with Gasteiger partial charge >= 0.3 is 12.2 Å². The quantitative estimate of drug-likeness (QED) is 0.734. The summed E-state index contributed by atoms with van der Waals surface area (Å²) >= 11 is 5.85. The molecule has 2 aromatic carbocycles. The Morgan fingerprint density at radius 3 is 2.31 bits per heavy atom. The number of ether oxygens (including phenoxy) is 1. The number of hydrogen-bond donors (Lipinski definition) is 2. The van der Waals surface area contributed by atoms with Gasteiger partial charge in [-0.1, -0.05) is 23.7 Å². The third-order valence-electron chi connectivity index (χ3n) is 4.20. The van der Waals surface area contributed by atoms with Crippen LogP contribution in [0.4, 0.5) is 23.7 Å². The lowest BCUT2D eigenvalue weighted by Crippen LogP contribution is -2.69. The summed E-state index contributed by atoms with van der Waals surface area (Å²) in [7, 11) is 1.38. The number of alkyl halides is 3. The van der Waals surface area contributed by atoms with Gasteiger partial charge in [0.15, 0.2) is 0 Å². The predicted octanol–water partition coefficient (Wildman–Crippen LogP) is 3.09. The molecule has 1 aliphatic heterocycles. The summed E-state index contributed by atoms with van der Waals surface area (Å²) in [6.45, 7) is 0. The molecule has 1 fully saturated rings. The van der Waals surface area contributed by atoms with Crippen LogP contribution in [-0.2, 0) is 4.79 Å². The molecule has 4 amide bonds. The van der Waals surface area contributed by atoms with Gasteiger partial charge in [-0.3, -0.25) is 14.9 Å². The molecule has 0 bridgehead atoms. The molecule has 2 N–H and O–H groups in total. The van der Waals surface area contributed by atoms with Crippen molar-refractivity contribution in [2.24, 2.45) is 0 Å². The van der Waals surface area contributed by atoms with Gasteiger partial charge in [0, 0.05) is 0 Å². The Morgan fingerprint density at radius 2 is 1.76 bits per heavy atom. The van der Waals surface area contributed by atoms with E-state index < -0.39 is 29.7 Å². The fraction of sp³-hybridized carbons (Fsp3) is 0.167. The van der Waals surface area contributed by atoms with E-state index in [4.69, 9.17) is 16.3 Å². The van der Waals surface area contributed by atoms with Crippen LogP contribution in [-0.4, -0.2) is 36.8 Å². The molecule has 1 aliphatic rings. The Bertz CT molecular complexity index is 981. The molecule has 1 atom stereocenters. The van der Waals surface area contributed by atoms with Crippen molar-refractivity contribution in [1.29, 1.82) is 0 Å². The first-order valence-corrected chi connectivity index (χ1v) is 8.43. The van der Waals surface area contributed by atoms with Gasteiger partial charge in [-0.2, -0.15) is 13.2 Å². The van der Waals surface area contributed by atoms with E-state index in [-0.39, 0.29) is 16.3 Å². The van der Waals surface area contributed by atoms with Crippen LogP contribution in [0.2, 0.25) is 5.02 Å². The largest absolute Gasteiger partial charge is 0.497 e. The van der Waals surface area contributed by atoms with Gasteiger partial charge in [0.1, 0.15) is 5.75 Å². The first kappa shape index (κ1) is 20.5. The Labute approximate surface area is 167 Å². The van der Waals surface area contributed by atoms with E-state index in [2.05, 4.69) is 0 Å². The van der Waals surface area contributed by atoms with Crippen molar-refractivity contribution < 1.29 is 32.3 Å². The number of benzene rings is 2. The van der Waals surface area contributed by atoms with Crippen molar-refractivity contribution in [3.63, 3.8) is 0 Å². The highest BCUT2D eigenvalue weighted by Crippen LogP contribution is 2.36. The second kappa shape index (κ2) is 7.28. The minimum Gasteiger partial charge on any atom is -0.497 e. The number of imide groups is 1. The number of halogens is 4. The van der Waals surface area contributed by atoms with Crippen LogP contribution >= 0.6 is 11.6 Å². The second-order valence-corrected chi connectivity index (χ2v) is 6.36. The standard InChI is InChI=1S/C18H13ClF3N3O4/c1-29-11-8-6-10(7-9-11)25-15(27)17(18(20,21)22,24-16(25)28)23-14(26)12-4-2-3-5-13(12)19/h2-9H,1H3,(H,23,26)(H,24,28)/t17-/m1/s1. The van der Waals surface area contributed by atoms with Gasteiger partial charge in [-0.15, -0.1) is 0 Å². The Hall–Kier alpha value is -3.27. The number of rotatable bonds is 4. The van der Waals surface area contributed by atoms with Crippen LogP contribution < -0.4 is 20.3 Å². The van der Waals surface area contributed by atoms with Gasteiger partial charge in [0.2, 0.25) is 0 Å². The van der Waals surface area contributed by atoms with Crippen LogP contribution in [0.1, 0.15) is 10.4 Å². The summed E-state index contributed by atoms with van der Waals surface area (Å²) in [4.78, 5) is 37.7. The number of anilines is 1. The van der Waals surface area contributed by atoms with Crippen molar-refractivity contribution in [2.45, 2.75) is 11.8 Å². The van der Waals surface area contributed by atoms with E-state index in [0.29, 0.717) is 10.6 Å². The van der Waals surface area contributed by atoms with Gasteiger partial charge < -0.3 is 10.1 Å². The number of hydrogen-bond acceptors (Lipinski definition) is 4. The molecule has 0 aliphatic carbocycles. The van der Waals surface area contributed by atoms with E-state index in [1.165, 1.54) is 55.6 Å². The number of amides is 4. The fourth-order valence-corrected chi connectivity index (χ4v) is 2.95. The van der Waals surface area contributed by atoms with Gasteiger partial charge in [-0.25, -0.2) is 9.69 Å². The summed E-state index contributed by atoms with van der Waals surface area (Å²) in [5.74, 6) is -2.62. The highest BCUT2D eigenvalue weighted by molar-refractivity contribution is 6.34. The number of methoxy groups -OCH3 is 1. The van der Waals surface area contributed by atoms with E-state index in [0.717, 1.165) is 0 Å². The first-order valence-electron chi connectivity index (χ1n) is 8.05. The minimum atomic E-state index is -5.34. The van der Waals surface area contributed by atoms with Crippen LogP contribution in [0.3, 0.4) is 0 Å². The molecule has 7 nitrogen and oxygen atoms in total. The average molecular weight is 428 g/mol. The van der Waals surface area contributed by atoms with Gasteiger partial charge in [0.05, 0.1) is 23.4 Å². The topological polar surface area (TPSA) is 87.7 Å². The number of carbonyl (C=O) groups is 3. The lowest BCUT2D eigenvalue weighted by atomic mass is 10.1. The Morgan fingerprint density at radius 1 is 1.14 bits per heavy atom. The highest BCUT2D eigenvalue weighted by atomic mass is 35.5. The van der Waals surface area contributed by atoms with Crippen molar-refractivity contribution in [1.82, 2.24) is 10.6 Å². The fourth-order valence-electron chi connectivity index (χ4n) is 2.73. The normalized spacial score (nSPS) is 19.1. The molecule has 29 heavy (non-hydrogen) atoms. The molecule has 1 saturated heterocycles. The zero-order valence-electron chi connectivity index (χ0n) is 14.7. The monoisotopic (exact) mass is 427 g/mol. The number of carbonyl (C=O) groups excluding carboxylic acids is 3. The maximum atomic E-state index is 13.9. The maximum Gasteiger partial charge on any atom is 0.440 e. The summed E-state index contributed by atoms with van der Waals surface area (Å²) in [6, 6.07) is 9.21. The van der Waals surface area contributed by atoms with Gasteiger partial charge in [-0.05, 0) is 36.4 Å². The number of nitrogens with zero attached hydrogens (tertiary/aromatic N) is 1. The zero-order chi connectivity index (χ0) is 21.4. The molecule has 11 heteroatoms. The lowest BCUT2D eigenvalue weighted by molar-refractivity contribution is -0.197. The SMILES string of the molecule is COc1ccc(N2C(=O)N[C@@](NC(=O)c3ccccc3Cl)(C(F)(F)F)C2=O)cc1. The van der Waals surface area contributed by atoms with Crippen molar-refractivity contribution in [2.75, 3.05) is 12.0 Å². The highest BCUT2D eigenvalue weighted by Gasteiger charge is 2.69. The molecule has 0 aromatic heterocycles. The van der Waals surface area contributed by atoms with Crippen LogP contribution in [0.5, 0.6) is 5.75 Å². The Kier molecular flexibility index (Phi) is 5.14. The second-order valence-electron chi connectivity index (χ2n) is 5.95. The number of nitrogens with one attached hydrogen (secondary N) is 2. The summed E-state index contributed by atoms with van der Waals surface area (Å²) in [5.41, 5.74) is -4.07. The molecule has 0 saturated carbocycles. The molecule has 0 radical (unpaired) electrons. The van der Waals surface area contributed by atoms with Crippen molar-refractivity contribution in [3.8, 4) is 5.75 Å².